The number of quaternary nitrogens is 2. The zero-order valence-electron chi connectivity index (χ0n) is 10.9. The largest absolute Gasteiger partial charge is 3.00 e. The molecular formula is H8CoN8NaO12. The van der Waals surface area contributed by atoms with E-state index in [9.17, 15) is 0 Å². The predicted molar refractivity (Wildman–Crippen MR) is 66.9 cm³/mol. The smallest absolute Gasteiger partial charge is 0.444 e. The van der Waals surface area contributed by atoms with Crippen LogP contribution in [-0.2, 0) is 16.8 Å². The van der Waals surface area contributed by atoms with Crippen molar-refractivity contribution in [2.24, 2.45) is 32.0 Å². The summed E-state index contributed by atoms with van der Waals surface area (Å²) in [5.74, 6) is 0. The molecule has 0 radical (unpaired) electrons. The molecule has 0 aromatic rings. The first-order chi connectivity index (χ1) is 8.49. The maximum atomic E-state index is 8.00. The Morgan fingerprint density at radius 3 is 0.409 bits per heavy atom. The number of hydrogen-bond donors (Lipinski definition) is 2. The van der Waals surface area contributed by atoms with Crippen LogP contribution in [0.3, 0.4) is 0 Å². The van der Waals surface area contributed by atoms with Crippen LogP contribution >= 0.6 is 0 Å². The van der Waals surface area contributed by atoms with Crippen LogP contribution in [0.5, 0.6) is 0 Å². The molecule has 22 heavy (non-hydrogen) atoms. The summed E-state index contributed by atoms with van der Waals surface area (Å²) in [6.45, 7) is 0. The average molecular weight is 394 g/mol. The summed E-state index contributed by atoms with van der Waals surface area (Å²) in [4.78, 5) is 48.0. The van der Waals surface area contributed by atoms with Crippen LogP contribution in [0.2, 0.25) is 0 Å². The van der Waals surface area contributed by atoms with E-state index in [0.29, 0.717) is 0 Å². The molecule has 22 heteroatoms. The Bertz CT molecular complexity index is 123. The number of nitrogens with zero attached hydrogens (tertiary/aromatic N) is 6. The Morgan fingerprint density at radius 1 is 0.409 bits per heavy atom. The molecule has 20 nitrogen and oxygen atoms in total. The standard InChI is InChI=1S/Co.6HNO2.2H3N.Na/c;6*2-1-3;;;/h;6*(H,2,3);2*1H3;/q+3;;;;;;;;;+1/p-4. The monoisotopic (exact) mass is 394 g/mol. The molecule has 0 aliphatic carbocycles. The quantitative estimate of drug-likeness (QED) is 0.291. The second kappa shape index (κ2) is 409. The SMILES string of the molecule is O=N[O-].O=N[O-].O=N[O-].O=N[O-].O=N[O-].O=N[O-].[Co+3].[NH4+].[NH4+].[Na+]. The zero-order valence-corrected chi connectivity index (χ0v) is 14.0. The molecule has 0 aromatic carbocycles. The normalized spacial score (nSPS) is 3.27. The van der Waals surface area contributed by atoms with E-state index in [4.69, 9.17) is 60.7 Å². The van der Waals surface area contributed by atoms with Crippen LogP contribution in [0.15, 0.2) is 32.0 Å². The Hall–Kier alpha value is -2.17. The van der Waals surface area contributed by atoms with E-state index in [2.05, 4.69) is 0 Å². The molecule has 0 aliphatic heterocycles. The molecule has 0 fully saturated rings. The van der Waals surface area contributed by atoms with Gasteiger partial charge < -0.3 is 73.0 Å². The van der Waals surface area contributed by atoms with Gasteiger partial charge in [-0.1, -0.05) is 0 Å². The van der Waals surface area contributed by atoms with Crippen molar-refractivity contribution in [3.05, 3.63) is 60.7 Å². The van der Waals surface area contributed by atoms with Gasteiger partial charge in [-0.05, 0) is 0 Å². The van der Waals surface area contributed by atoms with Gasteiger partial charge in [0.05, 0.1) is 0 Å². The molecule has 0 bridgehead atoms. The van der Waals surface area contributed by atoms with Crippen molar-refractivity contribution >= 4 is 0 Å². The summed E-state index contributed by atoms with van der Waals surface area (Å²) in [5.41, 5.74) is 0. The second-order valence-electron chi connectivity index (χ2n) is 0.447. The third kappa shape index (κ3) is 1070. The van der Waals surface area contributed by atoms with Gasteiger partial charge in [0, 0.05) is 0 Å². The van der Waals surface area contributed by atoms with E-state index in [-0.39, 0.29) is 58.6 Å². The van der Waals surface area contributed by atoms with Gasteiger partial charge in [0.15, 0.2) is 0 Å². The van der Waals surface area contributed by atoms with Crippen LogP contribution in [0.25, 0.3) is 0 Å². The Morgan fingerprint density at radius 2 is 0.409 bits per heavy atom. The van der Waals surface area contributed by atoms with Crippen molar-refractivity contribution in [1.29, 1.82) is 0 Å². The number of hydrogen-bond acceptors (Lipinski definition) is 18. The molecule has 0 saturated carbocycles. The molecule has 0 atom stereocenters. The van der Waals surface area contributed by atoms with Crippen molar-refractivity contribution in [1.82, 2.24) is 12.3 Å². The summed E-state index contributed by atoms with van der Waals surface area (Å²) < 4.78 is 0. The van der Waals surface area contributed by atoms with E-state index in [1.165, 1.54) is 0 Å². The second-order valence-corrected chi connectivity index (χ2v) is 0.447. The van der Waals surface area contributed by atoms with Crippen LogP contribution in [-0.4, -0.2) is 0 Å². The molecule has 0 spiro atoms. The molecule has 0 unspecified atom stereocenters. The van der Waals surface area contributed by atoms with Gasteiger partial charge in [0.25, 0.3) is 0 Å². The van der Waals surface area contributed by atoms with Gasteiger partial charge in [0.2, 0.25) is 0 Å². The van der Waals surface area contributed by atoms with Gasteiger partial charge in [-0.15, -0.1) is 32.0 Å². The van der Waals surface area contributed by atoms with E-state index in [1.54, 1.807) is 0 Å². The fourth-order valence-electron chi connectivity index (χ4n) is 0. The molecule has 0 saturated heterocycles. The first kappa shape index (κ1) is 72.8. The van der Waals surface area contributed by atoms with E-state index in [0.717, 1.165) is 32.0 Å². The fraction of sp³-hybridized carbons (Fsp3) is 0. The summed E-state index contributed by atoms with van der Waals surface area (Å²) in [5, 5.41) is 54.0. The minimum absolute atomic E-state index is 0. The summed E-state index contributed by atoms with van der Waals surface area (Å²) in [7, 11) is 0. The van der Waals surface area contributed by atoms with E-state index >= 15 is 0 Å². The predicted octanol–water partition coefficient (Wildman–Crippen LogP) is -0.743. The number of rotatable bonds is 0. The van der Waals surface area contributed by atoms with Gasteiger partial charge in [-0.3, -0.25) is 0 Å². The van der Waals surface area contributed by atoms with Crippen molar-refractivity contribution < 1.29 is 46.3 Å². The fourth-order valence-corrected chi connectivity index (χ4v) is 0. The molecule has 0 rings (SSSR count). The van der Waals surface area contributed by atoms with Gasteiger partial charge >= 0.3 is 46.3 Å². The molecule has 130 valence electrons. The molecule has 0 aliphatic rings. The first-order valence-corrected chi connectivity index (χ1v) is 2.19. The minimum atomic E-state index is 0. The topological polar surface area (TPSA) is 388 Å². The maximum Gasteiger partial charge on any atom is 3.00 e. The van der Waals surface area contributed by atoms with Crippen molar-refractivity contribution in [2.75, 3.05) is 0 Å². The van der Waals surface area contributed by atoms with Gasteiger partial charge in [-0.2, -0.15) is 0 Å². The molecule has 8 N–H and O–H groups in total. The van der Waals surface area contributed by atoms with Crippen molar-refractivity contribution in [2.45, 2.75) is 0 Å². The summed E-state index contributed by atoms with van der Waals surface area (Å²) >= 11 is 0. The maximum absolute atomic E-state index is 8.00. The van der Waals surface area contributed by atoms with E-state index in [1.807, 2.05) is 0 Å². The Kier molecular flexibility index (Phi) is 1350. The molecule has 0 heterocycles. The van der Waals surface area contributed by atoms with Crippen LogP contribution in [0, 0.1) is 60.7 Å². The van der Waals surface area contributed by atoms with Gasteiger partial charge in [0.1, 0.15) is 0 Å². The summed E-state index contributed by atoms with van der Waals surface area (Å²) in [6, 6.07) is 0. The van der Waals surface area contributed by atoms with E-state index < -0.39 is 0 Å². The minimum Gasteiger partial charge on any atom is -0.444 e. The van der Waals surface area contributed by atoms with Crippen molar-refractivity contribution in [3.8, 4) is 0 Å². The van der Waals surface area contributed by atoms with Crippen LogP contribution in [0.1, 0.15) is 0 Å². The first-order valence-electron chi connectivity index (χ1n) is 2.19. The van der Waals surface area contributed by atoms with Crippen LogP contribution < -0.4 is 41.9 Å². The average Bonchev–Trinajstić information content (AvgIpc) is 2.23. The molecule has 0 amide bonds. The van der Waals surface area contributed by atoms with Crippen molar-refractivity contribution in [3.63, 3.8) is 0 Å². The van der Waals surface area contributed by atoms with Crippen LogP contribution in [0.4, 0.5) is 0 Å². The summed E-state index contributed by atoms with van der Waals surface area (Å²) in [6.07, 6.45) is 0. The third-order valence-corrected chi connectivity index (χ3v) is 0. The zero-order chi connectivity index (χ0) is 16.2. The molecule has 0 aromatic heterocycles. The Labute approximate surface area is 151 Å². The third-order valence-electron chi connectivity index (χ3n) is 0. The molecular weight excluding hydrogens is 386 g/mol. The van der Waals surface area contributed by atoms with Gasteiger partial charge in [-0.25, -0.2) is 0 Å². The Balaban J connectivity index is -0.00000000947.